The van der Waals surface area contributed by atoms with Crippen molar-refractivity contribution in [2.75, 3.05) is 48.5 Å². The van der Waals surface area contributed by atoms with E-state index in [9.17, 15) is 9.59 Å². The number of amides is 2. The summed E-state index contributed by atoms with van der Waals surface area (Å²) in [6, 6.07) is 14.3. The SMILES string of the molecule is COc1ccc(N2C(=O)C[C@@H](Nc3ccc(N4CCOCC4)cc3)C2=O)cc1. The van der Waals surface area contributed by atoms with Crippen molar-refractivity contribution in [2.45, 2.75) is 12.5 Å². The van der Waals surface area contributed by atoms with Gasteiger partial charge in [0.05, 0.1) is 32.4 Å². The summed E-state index contributed by atoms with van der Waals surface area (Å²) in [5.41, 5.74) is 2.50. The summed E-state index contributed by atoms with van der Waals surface area (Å²) in [7, 11) is 1.57. The maximum Gasteiger partial charge on any atom is 0.256 e. The summed E-state index contributed by atoms with van der Waals surface area (Å²) in [6.07, 6.45) is 0.135. The first-order valence-electron chi connectivity index (χ1n) is 9.36. The molecule has 2 aliphatic rings. The van der Waals surface area contributed by atoms with Gasteiger partial charge in [-0.2, -0.15) is 0 Å². The molecule has 4 rings (SSSR count). The number of nitrogens with one attached hydrogen (secondary N) is 1. The Morgan fingerprint density at radius 2 is 1.61 bits per heavy atom. The molecular weight excluding hydrogens is 358 g/mol. The summed E-state index contributed by atoms with van der Waals surface area (Å²) < 4.78 is 10.5. The standard InChI is InChI=1S/C21H23N3O4/c1-27-18-8-6-17(7-9-18)24-20(25)14-19(21(24)26)22-15-2-4-16(5-3-15)23-10-12-28-13-11-23/h2-9,19,22H,10-14H2,1H3/t19-/m1/s1. The smallest absolute Gasteiger partial charge is 0.256 e. The molecule has 2 aliphatic heterocycles. The summed E-state index contributed by atoms with van der Waals surface area (Å²) in [5.74, 6) is 0.225. The van der Waals surface area contributed by atoms with E-state index in [-0.39, 0.29) is 18.2 Å². The summed E-state index contributed by atoms with van der Waals surface area (Å²) in [5, 5.41) is 3.19. The van der Waals surface area contributed by atoms with E-state index in [1.165, 1.54) is 4.90 Å². The minimum atomic E-state index is -0.566. The number of benzene rings is 2. The Morgan fingerprint density at radius 1 is 0.964 bits per heavy atom. The Morgan fingerprint density at radius 3 is 2.25 bits per heavy atom. The number of carbonyl (C=O) groups is 2. The topological polar surface area (TPSA) is 71.1 Å². The van der Waals surface area contributed by atoms with Crippen LogP contribution in [0.3, 0.4) is 0 Å². The quantitative estimate of drug-likeness (QED) is 0.802. The molecule has 1 atom stereocenters. The molecule has 146 valence electrons. The molecule has 0 aliphatic carbocycles. The van der Waals surface area contributed by atoms with E-state index in [0.717, 1.165) is 37.7 Å². The monoisotopic (exact) mass is 381 g/mol. The van der Waals surface area contributed by atoms with Crippen molar-refractivity contribution in [2.24, 2.45) is 0 Å². The van der Waals surface area contributed by atoms with E-state index in [0.29, 0.717) is 11.4 Å². The highest BCUT2D eigenvalue weighted by Crippen LogP contribution is 2.27. The number of hydrogen-bond donors (Lipinski definition) is 1. The average molecular weight is 381 g/mol. The Labute approximate surface area is 163 Å². The number of nitrogens with zero attached hydrogens (tertiary/aromatic N) is 2. The normalized spacial score (nSPS) is 19.8. The molecule has 1 N–H and O–H groups in total. The number of morpholine rings is 1. The van der Waals surface area contributed by atoms with Crippen molar-refractivity contribution in [3.05, 3.63) is 48.5 Å². The average Bonchev–Trinajstić information content (AvgIpc) is 3.02. The highest BCUT2D eigenvalue weighted by molar-refractivity contribution is 6.23. The third kappa shape index (κ3) is 3.66. The first-order valence-corrected chi connectivity index (χ1v) is 9.36. The van der Waals surface area contributed by atoms with Crippen molar-refractivity contribution in [1.82, 2.24) is 0 Å². The van der Waals surface area contributed by atoms with Gasteiger partial charge in [0.15, 0.2) is 0 Å². The Bertz CT molecular complexity index is 845. The summed E-state index contributed by atoms with van der Waals surface area (Å²) in [6.45, 7) is 3.22. The van der Waals surface area contributed by atoms with Crippen molar-refractivity contribution in [1.29, 1.82) is 0 Å². The van der Waals surface area contributed by atoms with Gasteiger partial charge < -0.3 is 19.7 Å². The molecule has 2 heterocycles. The molecule has 28 heavy (non-hydrogen) atoms. The number of carbonyl (C=O) groups excluding carboxylic acids is 2. The lowest BCUT2D eigenvalue weighted by molar-refractivity contribution is -0.121. The lowest BCUT2D eigenvalue weighted by Gasteiger charge is -2.29. The van der Waals surface area contributed by atoms with E-state index in [1.807, 2.05) is 24.3 Å². The first-order chi connectivity index (χ1) is 13.7. The third-order valence-electron chi connectivity index (χ3n) is 5.06. The lowest BCUT2D eigenvalue weighted by atomic mass is 10.2. The molecule has 0 saturated carbocycles. The Kier molecular flexibility index (Phi) is 5.16. The van der Waals surface area contributed by atoms with Gasteiger partial charge in [-0.25, -0.2) is 4.90 Å². The predicted octanol–water partition coefficient (Wildman–Crippen LogP) is 2.28. The van der Waals surface area contributed by atoms with Crippen LogP contribution in [0.25, 0.3) is 0 Å². The zero-order valence-electron chi connectivity index (χ0n) is 15.8. The number of hydrogen-bond acceptors (Lipinski definition) is 6. The molecule has 0 aromatic heterocycles. The Balaban J connectivity index is 1.43. The van der Waals surface area contributed by atoms with Gasteiger partial charge in [0.2, 0.25) is 5.91 Å². The van der Waals surface area contributed by atoms with E-state index in [1.54, 1.807) is 31.4 Å². The summed E-state index contributed by atoms with van der Waals surface area (Å²) in [4.78, 5) is 28.7. The van der Waals surface area contributed by atoms with E-state index >= 15 is 0 Å². The van der Waals surface area contributed by atoms with E-state index in [4.69, 9.17) is 9.47 Å². The molecule has 2 aromatic carbocycles. The molecule has 7 heteroatoms. The minimum absolute atomic E-state index is 0.135. The summed E-state index contributed by atoms with van der Waals surface area (Å²) >= 11 is 0. The fraction of sp³-hybridized carbons (Fsp3) is 0.333. The van der Waals surface area contributed by atoms with Crippen LogP contribution in [0.2, 0.25) is 0 Å². The van der Waals surface area contributed by atoms with Gasteiger partial charge in [-0.15, -0.1) is 0 Å². The zero-order chi connectivity index (χ0) is 19.5. The number of anilines is 3. The Hall–Kier alpha value is -3.06. The molecule has 0 radical (unpaired) electrons. The first kappa shape index (κ1) is 18.3. The molecule has 0 unspecified atom stereocenters. The van der Waals surface area contributed by atoms with Crippen molar-refractivity contribution < 1.29 is 19.1 Å². The predicted molar refractivity (Wildman–Crippen MR) is 107 cm³/mol. The molecule has 0 spiro atoms. The second-order valence-electron chi connectivity index (χ2n) is 6.81. The highest BCUT2D eigenvalue weighted by Gasteiger charge is 2.39. The van der Waals surface area contributed by atoms with Gasteiger partial charge in [-0.3, -0.25) is 9.59 Å². The van der Waals surface area contributed by atoms with E-state index in [2.05, 4.69) is 10.2 Å². The van der Waals surface area contributed by atoms with Crippen LogP contribution in [0.5, 0.6) is 5.75 Å². The molecule has 2 fully saturated rings. The van der Waals surface area contributed by atoms with Crippen LogP contribution in [-0.2, 0) is 14.3 Å². The van der Waals surface area contributed by atoms with Crippen LogP contribution < -0.4 is 19.9 Å². The largest absolute Gasteiger partial charge is 0.497 e. The van der Waals surface area contributed by atoms with Gasteiger partial charge >= 0.3 is 0 Å². The van der Waals surface area contributed by atoms with Crippen LogP contribution in [-0.4, -0.2) is 51.3 Å². The molecule has 2 aromatic rings. The van der Waals surface area contributed by atoms with E-state index < -0.39 is 6.04 Å². The van der Waals surface area contributed by atoms with Gasteiger partial charge in [0, 0.05) is 24.5 Å². The number of imide groups is 1. The fourth-order valence-electron chi connectivity index (χ4n) is 3.54. The van der Waals surface area contributed by atoms with Gasteiger partial charge in [0.1, 0.15) is 11.8 Å². The molecular formula is C21H23N3O4. The number of rotatable bonds is 5. The van der Waals surface area contributed by atoms with Crippen LogP contribution in [0.15, 0.2) is 48.5 Å². The van der Waals surface area contributed by atoms with Gasteiger partial charge in [-0.1, -0.05) is 0 Å². The van der Waals surface area contributed by atoms with Crippen molar-refractivity contribution >= 4 is 28.9 Å². The highest BCUT2D eigenvalue weighted by atomic mass is 16.5. The van der Waals surface area contributed by atoms with Gasteiger partial charge in [-0.05, 0) is 48.5 Å². The van der Waals surface area contributed by atoms with Crippen LogP contribution in [0.4, 0.5) is 17.1 Å². The number of methoxy groups -OCH3 is 1. The van der Waals surface area contributed by atoms with Crippen LogP contribution in [0, 0.1) is 0 Å². The second-order valence-corrected chi connectivity index (χ2v) is 6.81. The minimum Gasteiger partial charge on any atom is -0.497 e. The molecule has 7 nitrogen and oxygen atoms in total. The third-order valence-corrected chi connectivity index (χ3v) is 5.06. The maximum absolute atomic E-state index is 12.8. The fourth-order valence-corrected chi connectivity index (χ4v) is 3.54. The maximum atomic E-state index is 12.8. The van der Waals surface area contributed by atoms with Crippen molar-refractivity contribution in [3.8, 4) is 5.75 Å². The van der Waals surface area contributed by atoms with Crippen molar-refractivity contribution in [3.63, 3.8) is 0 Å². The van der Waals surface area contributed by atoms with Crippen LogP contribution in [0.1, 0.15) is 6.42 Å². The zero-order valence-corrected chi connectivity index (χ0v) is 15.8. The van der Waals surface area contributed by atoms with Crippen LogP contribution >= 0.6 is 0 Å². The van der Waals surface area contributed by atoms with Gasteiger partial charge in [0.25, 0.3) is 5.91 Å². The molecule has 2 amide bonds. The number of ether oxygens (including phenoxy) is 2. The molecule has 2 saturated heterocycles. The second kappa shape index (κ2) is 7.90. The molecule has 0 bridgehead atoms. The lowest BCUT2D eigenvalue weighted by Crippen LogP contribution is -2.36.